The Bertz CT molecular complexity index is 89.9. The van der Waals surface area contributed by atoms with E-state index < -0.39 is 7.26 Å². The normalized spacial score (nSPS) is 13.2. The van der Waals surface area contributed by atoms with Crippen molar-refractivity contribution in [3.63, 3.8) is 0 Å². The minimum atomic E-state index is -1.46. The van der Waals surface area contributed by atoms with E-state index in [0.717, 1.165) is 19.0 Å². The van der Waals surface area contributed by atoms with Crippen LogP contribution in [-0.2, 0) is 14.2 Å². The predicted octanol–water partition coefficient (Wildman–Crippen LogP) is 1.96. The maximum absolute atomic E-state index is 5.27. The molecule has 3 nitrogen and oxygen atoms in total. The third kappa shape index (κ3) is 4.92. The van der Waals surface area contributed by atoms with E-state index in [2.05, 4.69) is 6.92 Å². The standard InChI is InChI=1S/C9H23O3P/c1-5-6-13(7-10-2,8-11-3)9-12-4/h13H,5-9H2,1-4H3. The van der Waals surface area contributed by atoms with Gasteiger partial charge in [0.1, 0.15) is 0 Å². The van der Waals surface area contributed by atoms with Crippen LogP contribution in [0.25, 0.3) is 0 Å². The van der Waals surface area contributed by atoms with E-state index in [4.69, 9.17) is 14.2 Å². The van der Waals surface area contributed by atoms with Gasteiger partial charge < -0.3 is 0 Å². The molecule has 0 aromatic carbocycles. The summed E-state index contributed by atoms with van der Waals surface area (Å²) in [5.74, 6) is 0. The molecule has 0 aliphatic heterocycles. The second-order valence-corrected chi connectivity index (χ2v) is 7.92. The van der Waals surface area contributed by atoms with E-state index in [9.17, 15) is 0 Å². The van der Waals surface area contributed by atoms with Gasteiger partial charge in [-0.2, -0.15) is 0 Å². The molecule has 4 heteroatoms. The molecule has 0 amide bonds. The summed E-state index contributed by atoms with van der Waals surface area (Å²) < 4.78 is 15.8. The number of methoxy groups -OCH3 is 3. The second kappa shape index (κ2) is 7.69. The van der Waals surface area contributed by atoms with Gasteiger partial charge in [0.25, 0.3) is 0 Å². The summed E-state index contributed by atoms with van der Waals surface area (Å²) >= 11 is 0. The quantitative estimate of drug-likeness (QED) is 0.573. The minimum absolute atomic E-state index is 0.836. The molecular weight excluding hydrogens is 187 g/mol. The molecule has 0 fully saturated rings. The van der Waals surface area contributed by atoms with Gasteiger partial charge in [0.15, 0.2) is 0 Å². The van der Waals surface area contributed by atoms with Gasteiger partial charge in [0.05, 0.1) is 0 Å². The van der Waals surface area contributed by atoms with Gasteiger partial charge >= 0.3 is 81.4 Å². The van der Waals surface area contributed by atoms with Crippen LogP contribution in [0.2, 0.25) is 0 Å². The topological polar surface area (TPSA) is 27.7 Å². The number of rotatable bonds is 8. The van der Waals surface area contributed by atoms with Gasteiger partial charge in [-0.25, -0.2) is 0 Å². The van der Waals surface area contributed by atoms with Crippen LogP contribution in [-0.4, -0.2) is 46.5 Å². The first-order valence-electron chi connectivity index (χ1n) is 4.71. The molecule has 0 N–H and O–H groups in total. The average Bonchev–Trinajstić information content (AvgIpc) is 2.06. The van der Waals surface area contributed by atoms with E-state index in [1.165, 1.54) is 12.6 Å². The van der Waals surface area contributed by atoms with E-state index in [1.54, 1.807) is 21.3 Å². The van der Waals surface area contributed by atoms with Crippen molar-refractivity contribution < 1.29 is 14.2 Å². The molecule has 0 bridgehead atoms. The van der Waals surface area contributed by atoms with E-state index in [-0.39, 0.29) is 0 Å². The van der Waals surface area contributed by atoms with Crippen LogP contribution in [0.5, 0.6) is 0 Å². The fourth-order valence-corrected chi connectivity index (χ4v) is 5.37. The van der Waals surface area contributed by atoms with Crippen molar-refractivity contribution in [2.45, 2.75) is 13.3 Å². The van der Waals surface area contributed by atoms with Gasteiger partial charge in [0.2, 0.25) is 0 Å². The fourth-order valence-electron chi connectivity index (χ4n) is 1.79. The van der Waals surface area contributed by atoms with Gasteiger partial charge in [0, 0.05) is 0 Å². The summed E-state index contributed by atoms with van der Waals surface area (Å²) in [6.45, 7) is 2.20. The maximum atomic E-state index is 5.27. The van der Waals surface area contributed by atoms with Gasteiger partial charge in [-0.3, -0.25) is 0 Å². The summed E-state index contributed by atoms with van der Waals surface area (Å²) in [6.07, 6.45) is 4.90. The van der Waals surface area contributed by atoms with Crippen molar-refractivity contribution in [3.8, 4) is 0 Å². The van der Waals surface area contributed by atoms with E-state index in [1.807, 2.05) is 0 Å². The van der Waals surface area contributed by atoms with Crippen LogP contribution in [0.15, 0.2) is 0 Å². The zero-order valence-corrected chi connectivity index (χ0v) is 10.3. The molecule has 0 heterocycles. The van der Waals surface area contributed by atoms with Crippen molar-refractivity contribution in [2.24, 2.45) is 0 Å². The van der Waals surface area contributed by atoms with Crippen LogP contribution in [0.3, 0.4) is 0 Å². The molecule has 0 atom stereocenters. The Kier molecular flexibility index (Phi) is 7.87. The SMILES string of the molecule is CCC[PH](COC)(COC)COC. The van der Waals surface area contributed by atoms with Crippen LogP contribution in [0.4, 0.5) is 0 Å². The zero-order valence-electron chi connectivity index (χ0n) is 9.26. The molecule has 13 heavy (non-hydrogen) atoms. The molecule has 0 unspecified atom stereocenters. The Morgan fingerprint density at radius 1 is 0.846 bits per heavy atom. The Hall–Kier alpha value is 0.310. The Balaban J connectivity index is 4.19. The third-order valence-corrected chi connectivity index (χ3v) is 6.40. The van der Waals surface area contributed by atoms with Crippen molar-refractivity contribution in [2.75, 3.05) is 46.5 Å². The van der Waals surface area contributed by atoms with Crippen LogP contribution < -0.4 is 0 Å². The monoisotopic (exact) mass is 210 g/mol. The van der Waals surface area contributed by atoms with Gasteiger partial charge in [-0.05, 0) is 0 Å². The summed E-state index contributed by atoms with van der Waals surface area (Å²) in [6, 6.07) is 0. The Morgan fingerprint density at radius 3 is 1.46 bits per heavy atom. The first kappa shape index (κ1) is 13.3. The molecule has 0 aliphatic rings. The molecule has 0 rings (SSSR count). The average molecular weight is 210 g/mol. The molecule has 0 saturated carbocycles. The van der Waals surface area contributed by atoms with Crippen LogP contribution in [0, 0.1) is 0 Å². The summed E-state index contributed by atoms with van der Waals surface area (Å²) in [5, 5.41) is 0. The van der Waals surface area contributed by atoms with Crippen molar-refractivity contribution >= 4 is 7.26 Å². The van der Waals surface area contributed by atoms with Crippen molar-refractivity contribution in [1.82, 2.24) is 0 Å². The third-order valence-electron chi connectivity index (χ3n) is 2.13. The molecule has 0 aliphatic carbocycles. The number of hydrogen-bond donors (Lipinski definition) is 0. The van der Waals surface area contributed by atoms with Crippen LogP contribution in [0.1, 0.15) is 13.3 Å². The summed E-state index contributed by atoms with van der Waals surface area (Å²) in [7, 11) is 3.80. The summed E-state index contributed by atoms with van der Waals surface area (Å²) in [5.41, 5.74) is 0. The molecule has 82 valence electrons. The molecular formula is C9H23O3P. The van der Waals surface area contributed by atoms with E-state index in [0.29, 0.717) is 0 Å². The fraction of sp³-hybridized carbons (Fsp3) is 1.00. The second-order valence-electron chi connectivity index (χ2n) is 3.55. The van der Waals surface area contributed by atoms with Gasteiger partial charge in [-0.1, -0.05) is 0 Å². The van der Waals surface area contributed by atoms with E-state index >= 15 is 0 Å². The van der Waals surface area contributed by atoms with Gasteiger partial charge in [-0.15, -0.1) is 0 Å². The number of ether oxygens (including phenoxy) is 3. The Morgan fingerprint density at radius 2 is 1.23 bits per heavy atom. The molecule has 0 saturated heterocycles. The Labute approximate surface area is 82.1 Å². The summed E-state index contributed by atoms with van der Waals surface area (Å²) in [4.78, 5) is 0. The predicted molar refractivity (Wildman–Crippen MR) is 59.1 cm³/mol. The van der Waals surface area contributed by atoms with Crippen molar-refractivity contribution in [3.05, 3.63) is 0 Å². The molecule has 0 radical (unpaired) electrons. The van der Waals surface area contributed by atoms with Crippen molar-refractivity contribution in [1.29, 1.82) is 0 Å². The van der Waals surface area contributed by atoms with Crippen LogP contribution >= 0.6 is 7.26 Å². The first-order chi connectivity index (χ1) is 6.24. The first-order valence-corrected chi connectivity index (χ1v) is 7.54. The molecule has 0 spiro atoms. The molecule has 0 aromatic rings. The number of hydrogen-bond acceptors (Lipinski definition) is 3. The zero-order chi connectivity index (χ0) is 10.2. The molecule has 0 aromatic heterocycles.